The molecule has 1 aromatic heterocycles. The maximum atomic E-state index is 13.2. The number of aromatic nitrogens is 1. The minimum absolute atomic E-state index is 0.0906. The first kappa shape index (κ1) is 25.4. The maximum absolute atomic E-state index is 13.2. The largest absolute Gasteiger partial charge is 0.507 e. The lowest BCUT2D eigenvalue weighted by Crippen LogP contribution is -2.38. The normalized spacial score (nSPS) is 17.7. The van der Waals surface area contributed by atoms with Crippen LogP contribution in [0.3, 0.4) is 0 Å². The van der Waals surface area contributed by atoms with Gasteiger partial charge in [0.1, 0.15) is 11.5 Å². The summed E-state index contributed by atoms with van der Waals surface area (Å²) in [6.07, 6.45) is 3.28. The number of nitrogens with zero attached hydrogens (tertiary/aromatic N) is 3. The quantitative estimate of drug-likeness (QED) is 0.322. The molecule has 1 fully saturated rings. The molecular formula is C27H35N3O4. The van der Waals surface area contributed by atoms with Gasteiger partial charge in [0.2, 0.25) is 0 Å². The molecule has 1 amide bonds. The minimum atomic E-state index is -0.693. The molecule has 3 rings (SSSR count). The highest BCUT2D eigenvalue weighted by Crippen LogP contribution is 2.39. The summed E-state index contributed by atoms with van der Waals surface area (Å²) in [5.74, 6) is -0.344. The van der Waals surface area contributed by atoms with E-state index in [9.17, 15) is 14.7 Å². The van der Waals surface area contributed by atoms with Crippen LogP contribution in [-0.2, 0) is 9.59 Å². The van der Waals surface area contributed by atoms with Crippen molar-refractivity contribution in [3.8, 4) is 5.75 Å². The molecule has 7 nitrogen and oxygen atoms in total. The monoisotopic (exact) mass is 465 g/mol. The van der Waals surface area contributed by atoms with Gasteiger partial charge in [-0.3, -0.25) is 14.6 Å². The second-order valence-corrected chi connectivity index (χ2v) is 8.99. The van der Waals surface area contributed by atoms with E-state index < -0.39 is 17.7 Å². The van der Waals surface area contributed by atoms with Crippen LogP contribution in [0, 0.1) is 12.8 Å². The van der Waals surface area contributed by atoms with Gasteiger partial charge < -0.3 is 19.6 Å². The third kappa shape index (κ3) is 5.47. The molecule has 1 atom stereocenters. The van der Waals surface area contributed by atoms with Crippen LogP contribution in [0.4, 0.5) is 0 Å². The zero-order chi connectivity index (χ0) is 24.8. The van der Waals surface area contributed by atoms with Crippen molar-refractivity contribution < 1.29 is 19.4 Å². The number of hydrogen-bond donors (Lipinski definition) is 1. The molecule has 34 heavy (non-hydrogen) atoms. The number of amides is 1. The summed E-state index contributed by atoms with van der Waals surface area (Å²) in [6, 6.07) is 8.21. The summed E-state index contributed by atoms with van der Waals surface area (Å²) in [6.45, 7) is 13.5. The van der Waals surface area contributed by atoms with E-state index in [1.807, 2.05) is 13.0 Å². The van der Waals surface area contributed by atoms with Crippen molar-refractivity contribution in [2.24, 2.45) is 5.92 Å². The average molecular weight is 466 g/mol. The van der Waals surface area contributed by atoms with Gasteiger partial charge in [-0.05, 0) is 61.3 Å². The van der Waals surface area contributed by atoms with Crippen molar-refractivity contribution in [2.45, 2.75) is 40.7 Å². The highest BCUT2D eigenvalue weighted by molar-refractivity contribution is 6.46. The van der Waals surface area contributed by atoms with Crippen LogP contribution in [0.25, 0.3) is 5.76 Å². The van der Waals surface area contributed by atoms with Gasteiger partial charge in [-0.1, -0.05) is 33.8 Å². The number of hydrogen-bond acceptors (Lipinski definition) is 6. The number of ketones is 1. The van der Waals surface area contributed by atoms with Crippen molar-refractivity contribution in [2.75, 3.05) is 32.8 Å². The fourth-order valence-corrected chi connectivity index (χ4v) is 4.15. The number of ether oxygens (including phenoxy) is 1. The highest BCUT2D eigenvalue weighted by atomic mass is 16.5. The summed E-state index contributed by atoms with van der Waals surface area (Å²) in [5, 5.41) is 11.3. The number of Topliss-reactive ketones (excluding diaryl/α,β-unsaturated/α-hetero) is 1. The fourth-order valence-electron chi connectivity index (χ4n) is 4.15. The molecule has 1 aliphatic rings. The van der Waals surface area contributed by atoms with Gasteiger partial charge in [0.25, 0.3) is 11.7 Å². The molecular weight excluding hydrogens is 430 g/mol. The third-order valence-electron chi connectivity index (χ3n) is 6.11. The number of aliphatic hydroxyl groups excluding tert-OH is 1. The van der Waals surface area contributed by atoms with E-state index >= 15 is 0 Å². The number of likely N-dealkylation sites (tertiary alicyclic amines) is 1. The summed E-state index contributed by atoms with van der Waals surface area (Å²) in [4.78, 5) is 34.2. The SMILES string of the molecule is CCN(CC)CCN1C(=O)C(=O)C(=C(O)c2ccc(OCC(C)C)c(C)c2)[C@@H]1c1cccnc1. The number of carbonyl (C=O) groups excluding carboxylic acids is 2. The van der Waals surface area contributed by atoms with E-state index in [0.717, 1.165) is 24.4 Å². The van der Waals surface area contributed by atoms with Gasteiger partial charge in [-0.25, -0.2) is 0 Å². The molecule has 0 aliphatic carbocycles. The Balaban J connectivity index is 2.02. The van der Waals surface area contributed by atoms with Crippen molar-refractivity contribution in [1.29, 1.82) is 0 Å². The Morgan fingerprint density at radius 3 is 2.53 bits per heavy atom. The van der Waals surface area contributed by atoms with Crippen LogP contribution in [0.15, 0.2) is 48.3 Å². The number of aliphatic hydroxyl groups is 1. The molecule has 0 saturated carbocycles. The van der Waals surface area contributed by atoms with Gasteiger partial charge in [-0.2, -0.15) is 0 Å². The van der Waals surface area contributed by atoms with Crippen LogP contribution < -0.4 is 4.74 Å². The second-order valence-electron chi connectivity index (χ2n) is 8.99. The Morgan fingerprint density at radius 1 is 1.21 bits per heavy atom. The Labute approximate surface area is 202 Å². The topological polar surface area (TPSA) is 83.0 Å². The van der Waals surface area contributed by atoms with Gasteiger partial charge in [0, 0.05) is 31.0 Å². The van der Waals surface area contributed by atoms with Crippen molar-refractivity contribution in [1.82, 2.24) is 14.8 Å². The minimum Gasteiger partial charge on any atom is -0.507 e. The Hall–Kier alpha value is -3.19. The van der Waals surface area contributed by atoms with Crippen LogP contribution in [-0.4, -0.2) is 64.4 Å². The van der Waals surface area contributed by atoms with Crippen molar-refractivity contribution in [3.05, 3.63) is 65.0 Å². The fraction of sp³-hybridized carbons (Fsp3) is 0.444. The average Bonchev–Trinajstić information content (AvgIpc) is 3.08. The summed E-state index contributed by atoms with van der Waals surface area (Å²) >= 11 is 0. The molecule has 1 aromatic carbocycles. The summed E-state index contributed by atoms with van der Waals surface area (Å²) < 4.78 is 5.84. The van der Waals surface area contributed by atoms with E-state index in [0.29, 0.717) is 36.7 Å². The van der Waals surface area contributed by atoms with Gasteiger partial charge in [0.05, 0.1) is 18.2 Å². The number of pyridine rings is 1. The maximum Gasteiger partial charge on any atom is 0.295 e. The van der Waals surface area contributed by atoms with Gasteiger partial charge in [0.15, 0.2) is 0 Å². The highest BCUT2D eigenvalue weighted by Gasteiger charge is 2.46. The van der Waals surface area contributed by atoms with Crippen molar-refractivity contribution >= 4 is 17.4 Å². The Morgan fingerprint density at radius 2 is 1.94 bits per heavy atom. The first-order valence-corrected chi connectivity index (χ1v) is 11.9. The number of carbonyl (C=O) groups is 2. The predicted octanol–water partition coefficient (Wildman–Crippen LogP) is 4.19. The predicted molar refractivity (Wildman–Crippen MR) is 133 cm³/mol. The van der Waals surface area contributed by atoms with Crippen LogP contribution in [0.5, 0.6) is 5.75 Å². The molecule has 0 radical (unpaired) electrons. The number of likely N-dealkylation sites (N-methyl/N-ethyl adjacent to an activating group) is 1. The molecule has 0 unspecified atom stereocenters. The molecule has 182 valence electrons. The van der Waals surface area contributed by atoms with Crippen molar-refractivity contribution in [3.63, 3.8) is 0 Å². The van der Waals surface area contributed by atoms with Gasteiger partial charge >= 0.3 is 0 Å². The molecule has 1 aliphatic heterocycles. The first-order chi connectivity index (χ1) is 16.3. The third-order valence-corrected chi connectivity index (χ3v) is 6.11. The lowest BCUT2D eigenvalue weighted by molar-refractivity contribution is -0.140. The summed E-state index contributed by atoms with van der Waals surface area (Å²) in [5.41, 5.74) is 2.10. The molecule has 0 spiro atoms. The van der Waals surface area contributed by atoms with Crippen LogP contribution in [0.2, 0.25) is 0 Å². The van der Waals surface area contributed by atoms with E-state index in [4.69, 9.17) is 4.74 Å². The molecule has 0 bridgehead atoms. The lowest BCUT2D eigenvalue weighted by Gasteiger charge is -2.28. The smallest absolute Gasteiger partial charge is 0.295 e. The molecule has 1 N–H and O–H groups in total. The Bertz CT molecular complexity index is 1050. The number of aryl methyl sites for hydroxylation is 1. The van der Waals surface area contributed by atoms with Crippen LogP contribution in [0.1, 0.15) is 50.4 Å². The van der Waals surface area contributed by atoms with E-state index in [2.05, 4.69) is 37.6 Å². The first-order valence-electron chi connectivity index (χ1n) is 11.9. The second kappa shape index (κ2) is 11.3. The lowest BCUT2D eigenvalue weighted by atomic mass is 9.95. The Kier molecular flexibility index (Phi) is 8.45. The van der Waals surface area contributed by atoms with E-state index in [-0.39, 0.29) is 11.3 Å². The zero-order valence-corrected chi connectivity index (χ0v) is 20.7. The molecule has 1 saturated heterocycles. The van der Waals surface area contributed by atoms with Gasteiger partial charge in [-0.15, -0.1) is 0 Å². The molecule has 2 aromatic rings. The van der Waals surface area contributed by atoms with Crippen LogP contribution >= 0.6 is 0 Å². The molecule has 7 heteroatoms. The van der Waals surface area contributed by atoms with E-state index in [1.165, 1.54) is 0 Å². The number of rotatable bonds is 10. The van der Waals surface area contributed by atoms with E-state index in [1.54, 1.807) is 41.6 Å². The number of benzene rings is 1. The zero-order valence-electron chi connectivity index (χ0n) is 20.7. The molecule has 2 heterocycles. The summed E-state index contributed by atoms with van der Waals surface area (Å²) in [7, 11) is 0. The standard InChI is InChI=1S/C27H35N3O4/c1-6-29(7-2)13-14-30-24(21-9-8-12-28-16-21)23(26(32)27(30)33)25(31)20-10-11-22(19(5)15-20)34-17-18(3)4/h8-12,15-16,18,24,31H,6-7,13-14,17H2,1-5H3/t24-/m0/s1.